The Hall–Kier alpha value is -2.42. The normalized spacial score (nSPS) is 18.6. The molecule has 0 bridgehead atoms. The van der Waals surface area contributed by atoms with E-state index in [1.54, 1.807) is 24.3 Å². The molecule has 3 rings (SSSR count). The first-order chi connectivity index (χ1) is 12.4. The van der Waals surface area contributed by atoms with Gasteiger partial charge < -0.3 is 5.32 Å². The molecule has 0 atom stereocenters. The molecule has 2 aliphatic rings. The molecule has 1 aliphatic carbocycles. The number of halogens is 1. The van der Waals surface area contributed by atoms with Crippen molar-refractivity contribution in [2.45, 2.75) is 37.6 Å². The zero-order chi connectivity index (χ0) is 18.7. The van der Waals surface area contributed by atoms with Crippen molar-refractivity contribution in [2.75, 3.05) is 6.54 Å². The minimum absolute atomic E-state index is 0.351. The molecule has 0 unspecified atom stereocenters. The Morgan fingerprint density at radius 3 is 2.50 bits per heavy atom. The second-order valence-electron chi connectivity index (χ2n) is 6.45. The van der Waals surface area contributed by atoms with Crippen molar-refractivity contribution in [3.05, 3.63) is 34.3 Å². The standard InChI is InChI=1S/C17H19BrN4O4/c18-12-7-3-2-6-11(12)14(24)21-20-13(23)10-22-15(25)17(19-16(22)26)8-4-1-5-9-17/h2-3,6-7H,1,4-5,8-10H2,(H,19,26)(H,20,23)(H,21,24). The van der Waals surface area contributed by atoms with E-state index in [9.17, 15) is 19.2 Å². The highest BCUT2D eigenvalue weighted by Crippen LogP contribution is 2.33. The first kappa shape index (κ1) is 18.4. The van der Waals surface area contributed by atoms with Crippen LogP contribution in [0.1, 0.15) is 42.5 Å². The summed E-state index contributed by atoms with van der Waals surface area (Å²) in [4.78, 5) is 49.8. The second kappa shape index (κ2) is 7.45. The van der Waals surface area contributed by atoms with Crippen LogP contribution in [0.3, 0.4) is 0 Å². The molecule has 5 amide bonds. The van der Waals surface area contributed by atoms with E-state index in [2.05, 4.69) is 32.1 Å². The summed E-state index contributed by atoms with van der Waals surface area (Å²) < 4.78 is 0.583. The van der Waals surface area contributed by atoms with E-state index in [1.807, 2.05) is 0 Å². The Morgan fingerprint density at radius 2 is 1.81 bits per heavy atom. The van der Waals surface area contributed by atoms with Gasteiger partial charge in [-0.25, -0.2) is 4.79 Å². The number of imide groups is 1. The predicted molar refractivity (Wildman–Crippen MR) is 95.8 cm³/mol. The van der Waals surface area contributed by atoms with E-state index in [1.165, 1.54) is 0 Å². The van der Waals surface area contributed by atoms with Crippen molar-refractivity contribution in [1.29, 1.82) is 0 Å². The van der Waals surface area contributed by atoms with Crippen LogP contribution < -0.4 is 16.2 Å². The van der Waals surface area contributed by atoms with Gasteiger partial charge in [-0.3, -0.25) is 30.1 Å². The Morgan fingerprint density at radius 1 is 1.12 bits per heavy atom. The van der Waals surface area contributed by atoms with Crippen molar-refractivity contribution >= 4 is 39.7 Å². The van der Waals surface area contributed by atoms with Gasteiger partial charge in [-0.2, -0.15) is 0 Å². The molecule has 1 aliphatic heterocycles. The molecular formula is C17H19BrN4O4. The van der Waals surface area contributed by atoms with Gasteiger partial charge in [0.25, 0.3) is 17.7 Å². The van der Waals surface area contributed by atoms with Gasteiger partial charge in [0.2, 0.25) is 0 Å². The number of rotatable bonds is 3. The summed E-state index contributed by atoms with van der Waals surface area (Å²) >= 11 is 3.25. The minimum Gasteiger partial charge on any atom is -0.323 e. The van der Waals surface area contributed by atoms with Crippen LogP contribution in [0.2, 0.25) is 0 Å². The second-order valence-corrected chi connectivity index (χ2v) is 7.30. The van der Waals surface area contributed by atoms with Crippen LogP contribution in [0.25, 0.3) is 0 Å². The van der Waals surface area contributed by atoms with Crippen molar-refractivity contribution in [3.63, 3.8) is 0 Å². The molecule has 1 saturated heterocycles. The molecule has 8 nitrogen and oxygen atoms in total. The van der Waals surface area contributed by atoms with E-state index in [0.29, 0.717) is 22.9 Å². The lowest BCUT2D eigenvalue weighted by atomic mass is 9.82. The summed E-state index contributed by atoms with van der Waals surface area (Å²) in [7, 11) is 0. The van der Waals surface area contributed by atoms with Gasteiger partial charge in [-0.1, -0.05) is 31.4 Å². The zero-order valence-electron chi connectivity index (χ0n) is 14.0. The molecule has 0 radical (unpaired) electrons. The van der Waals surface area contributed by atoms with Crippen LogP contribution in [0.5, 0.6) is 0 Å². The monoisotopic (exact) mass is 422 g/mol. The lowest BCUT2D eigenvalue weighted by molar-refractivity contribution is -0.136. The summed E-state index contributed by atoms with van der Waals surface area (Å²) in [5.74, 6) is -1.52. The van der Waals surface area contributed by atoms with Gasteiger partial charge in [0, 0.05) is 4.47 Å². The van der Waals surface area contributed by atoms with Gasteiger partial charge in [0.15, 0.2) is 0 Å². The Kier molecular flexibility index (Phi) is 5.26. The summed E-state index contributed by atoms with van der Waals surface area (Å²) in [6.07, 6.45) is 3.96. The zero-order valence-corrected chi connectivity index (χ0v) is 15.6. The maximum atomic E-state index is 12.6. The summed E-state index contributed by atoms with van der Waals surface area (Å²) in [6, 6.07) is 6.18. The number of carbonyl (C=O) groups is 4. The van der Waals surface area contributed by atoms with Crippen molar-refractivity contribution in [1.82, 2.24) is 21.1 Å². The SMILES string of the molecule is O=C(CN1C(=O)NC2(CCCCC2)C1=O)NNC(=O)c1ccccc1Br. The predicted octanol–water partition coefficient (Wildman–Crippen LogP) is 1.46. The maximum absolute atomic E-state index is 12.6. The highest BCUT2D eigenvalue weighted by Gasteiger charge is 2.51. The molecule has 1 saturated carbocycles. The molecule has 138 valence electrons. The summed E-state index contributed by atoms with van der Waals surface area (Å²) in [5.41, 5.74) is 3.99. The number of amides is 5. The first-order valence-electron chi connectivity index (χ1n) is 8.41. The van der Waals surface area contributed by atoms with Crippen LogP contribution in [-0.4, -0.2) is 40.7 Å². The van der Waals surface area contributed by atoms with E-state index in [0.717, 1.165) is 24.2 Å². The van der Waals surface area contributed by atoms with Gasteiger partial charge in [-0.15, -0.1) is 0 Å². The third-order valence-electron chi connectivity index (χ3n) is 4.69. The molecule has 0 aromatic heterocycles. The lowest BCUT2D eigenvalue weighted by Crippen LogP contribution is -2.50. The Bertz CT molecular complexity index is 761. The quantitative estimate of drug-likeness (QED) is 0.506. The number of carbonyl (C=O) groups excluding carboxylic acids is 4. The van der Waals surface area contributed by atoms with E-state index < -0.39 is 29.9 Å². The molecule has 26 heavy (non-hydrogen) atoms. The third kappa shape index (κ3) is 3.57. The number of nitrogens with zero attached hydrogens (tertiary/aromatic N) is 1. The van der Waals surface area contributed by atoms with Gasteiger partial charge in [0.05, 0.1) is 5.56 Å². The van der Waals surface area contributed by atoms with Crippen molar-refractivity contribution in [2.24, 2.45) is 0 Å². The lowest BCUT2D eigenvalue weighted by Gasteiger charge is -2.30. The summed E-state index contributed by atoms with van der Waals surface area (Å²) in [5, 5.41) is 2.74. The number of hydrogen-bond donors (Lipinski definition) is 3. The highest BCUT2D eigenvalue weighted by molar-refractivity contribution is 9.10. The molecule has 3 N–H and O–H groups in total. The minimum atomic E-state index is -0.867. The van der Waals surface area contributed by atoms with Crippen LogP contribution in [-0.2, 0) is 9.59 Å². The highest BCUT2D eigenvalue weighted by atomic mass is 79.9. The Labute approximate surface area is 158 Å². The molecule has 1 heterocycles. The average Bonchev–Trinajstić information content (AvgIpc) is 2.85. The third-order valence-corrected chi connectivity index (χ3v) is 5.38. The van der Waals surface area contributed by atoms with E-state index in [-0.39, 0.29) is 5.91 Å². The average molecular weight is 423 g/mol. The number of hydrazine groups is 1. The maximum Gasteiger partial charge on any atom is 0.325 e. The number of benzene rings is 1. The Balaban J connectivity index is 1.56. The number of hydrogen-bond acceptors (Lipinski definition) is 4. The fraction of sp³-hybridized carbons (Fsp3) is 0.412. The van der Waals surface area contributed by atoms with Crippen LogP contribution in [0.4, 0.5) is 4.79 Å². The molecule has 1 aromatic rings. The number of nitrogens with one attached hydrogen (secondary N) is 3. The van der Waals surface area contributed by atoms with Crippen molar-refractivity contribution < 1.29 is 19.2 Å². The van der Waals surface area contributed by atoms with Crippen LogP contribution in [0, 0.1) is 0 Å². The fourth-order valence-electron chi connectivity index (χ4n) is 3.34. The summed E-state index contributed by atoms with van der Waals surface area (Å²) in [6.45, 7) is -0.442. The largest absolute Gasteiger partial charge is 0.325 e. The van der Waals surface area contributed by atoms with E-state index >= 15 is 0 Å². The van der Waals surface area contributed by atoms with Gasteiger partial charge in [0.1, 0.15) is 12.1 Å². The van der Waals surface area contributed by atoms with Gasteiger partial charge in [-0.05, 0) is 40.9 Å². The van der Waals surface area contributed by atoms with Crippen LogP contribution >= 0.6 is 15.9 Å². The molecule has 1 spiro atoms. The topological polar surface area (TPSA) is 108 Å². The first-order valence-corrected chi connectivity index (χ1v) is 9.20. The molecule has 1 aromatic carbocycles. The van der Waals surface area contributed by atoms with E-state index in [4.69, 9.17) is 0 Å². The molecular weight excluding hydrogens is 404 g/mol. The van der Waals surface area contributed by atoms with Gasteiger partial charge >= 0.3 is 6.03 Å². The smallest absolute Gasteiger partial charge is 0.323 e. The van der Waals surface area contributed by atoms with Crippen LogP contribution in [0.15, 0.2) is 28.7 Å². The fourth-order valence-corrected chi connectivity index (χ4v) is 3.80. The number of urea groups is 1. The molecule has 9 heteroatoms. The molecule has 2 fully saturated rings. The van der Waals surface area contributed by atoms with Crippen molar-refractivity contribution in [3.8, 4) is 0 Å².